The van der Waals surface area contributed by atoms with Gasteiger partial charge in [-0.25, -0.2) is 0 Å². The van der Waals surface area contributed by atoms with Crippen molar-refractivity contribution in [2.24, 2.45) is 0 Å². The molecular weight excluding hydrogens is 154 g/mol. The van der Waals surface area contributed by atoms with E-state index in [1.807, 2.05) is 0 Å². The monoisotopic (exact) mass is 173 g/mol. The van der Waals surface area contributed by atoms with Gasteiger partial charge < -0.3 is 9.64 Å². The van der Waals surface area contributed by atoms with Crippen molar-refractivity contribution >= 4 is 6.47 Å². The van der Waals surface area contributed by atoms with Gasteiger partial charge in [0.2, 0.25) is 0 Å². The number of nitrogens with zero attached hydrogens (tertiary/aromatic N) is 1. The minimum Gasteiger partial charge on any atom is -0.468 e. The molecule has 72 valence electrons. The lowest BCUT2D eigenvalue weighted by atomic mass is 10.1. The normalized spacial score (nSPS) is 17.5. The van der Waals surface area contributed by atoms with Crippen molar-refractivity contribution in [1.29, 1.82) is 0 Å². The van der Waals surface area contributed by atoms with Crippen LogP contribution >= 0.6 is 0 Å². The van der Waals surface area contributed by atoms with Crippen LogP contribution in [0.15, 0.2) is 0 Å². The summed E-state index contributed by atoms with van der Waals surface area (Å²) in [5.74, 6) is 0. The van der Waals surface area contributed by atoms with Gasteiger partial charge in [-0.1, -0.05) is 6.42 Å². The smallest absolute Gasteiger partial charge is 0.293 e. The number of carbonyl (C=O) groups excluding carboxylic acids is 1. The van der Waals surface area contributed by atoms with Crippen molar-refractivity contribution in [2.45, 2.75) is 26.2 Å². The Morgan fingerprint density at radius 1 is 1.33 bits per heavy atom. The van der Waals surface area contributed by atoms with E-state index in [2.05, 4.69) is 16.7 Å². The zero-order chi connectivity index (χ0) is 9.23. The highest BCUT2D eigenvalue weighted by Gasteiger charge is 2.02. The Balaban J connectivity index is 0.000000217. The minimum absolute atomic E-state index is 0.431. The molecule has 1 rings (SSSR count). The van der Waals surface area contributed by atoms with Crippen LogP contribution < -0.4 is 0 Å². The van der Waals surface area contributed by atoms with Crippen LogP contribution in [-0.4, -0.2) is 38.1 Å². The number of carbonyl (C=O) groups is 1. The van der Waals surface area contributed by atoms with Gasteiger partial charge in [0.05, 0.1) is 6.61 Å². The molecule has 0 aromatic rings. The third kappa shape index (κ3) is 7.54. The first-order valence-electron chi connectivity index (χ1n) is 4.55. The second kappa shape index (κ2) is 8.53. The summed E-state index contributed by atoms with van der Waals surface area (Å²) in [5.41, 5.74) is 0. The van der Waals surface area contributed by atoms with E-state index in [-0.39, 0.29) is 0 Å². The lowest BCUT2D eigenvalue weighted by Gasteiger charge is -2.20. The van der Waals surface area contributed by atoms with E-state index in [0.717, 1.165) is 0 Å². The Hall–Kier alpha value is -0.570. The molecule has 0 saturated carbocycles. The lowest BCUT2D eigenvalue weighted by Crippen LogP contribution is -2.24. The van der Waals surface area contributed by atoms with E-state index >= 15 is 0 Å². The first kappa shape index (κ1) is 11.4. The summed E-state index contributed by atoms with van der Waals surface area (Å²) in [4.78, 5) is 11.6. The van der Waals surface area contributed by atoms with E-state index in [1.54, 1.807) is 6.92 Å². The molecule has 3 nitrogen and oxygen atoms in total. The summed E-state index contributed by atoms with van der Waals surface area (Å²) in [6.45, 7) is 5.30. The molecule has 1 saturated heterocycles. The molecule has 0 aromatic heterocycles. The maximum atomic E-state index is 9.18. The topological polar surface area (TPSA) is 29.5 Å². The zero-order valence-corrected chi connectivity index (χ0v) is 8.08. The van der Waals surface area contributed by atoms with Gasteiger partial charge in [0.25, 0.3) is 6.47 Å². The molecule has 0 aliphatic carbocycles. The third-order valence-corrected chi connectivity index (χ3v) is 1.81. The predicted octanol–water partition coefficient (Wildman–Crippen LogP) is 1.28. The number of rotatable bonds is 2. The molecule has 0 aromatic carbocycles. The van der Waals surface area contributed by atoms with Crippen molar-refractivity contribution in [1.82, 2.24) is 4.90 Å². The fourth-order valence-electron chi connectivity index (χ4n) is 1.12. The Morgan fingerprint density at radius 2 is 1.92 bits per heavy atom. The quantitative estimate of drug-likeness (QED) is 0.589. The predicted molar refractivity (Wildman–Crippen MR) is 49.0 cm³/mol. The highest BCUT2D eigenvalue weighted by Crippen LogP contribution is 2.04. The summed E-state index contributed by atoms with van der Waals surface area (Å²) < 4.78 is 4.15. The van der Waals surface area contributed by atoms with Crippen LogP contribution in [-0.2, 0) is 9.53 Å². The van der Waals surface area contributed by atoms with Crippen molar-refractivity contribution in [3.8, 4) is 0 Å². The maximum absolute atomic E-state index is 9.18. The van der Waals surface area contributed by atoms with Crippen LogP contribution in [0.5, 0.6) is 0 Å². The zero-order valence-electron chi connectivity index (χ0n) is 8.08. The second-order valence-electron chi connectivity index (χ2n) is 2.92. The molecule has 0 radical (unpaired) electrons. The second-order valence-corrected chi connectivity index (χ2v) is 2.92. The molecule has 0 bridgehead atoms. The van der Waals surface area contributed by atoms with Crippen LogP contribution in [0.1, 0.15) is 26.2 Å². The molecule has 3 heteroatoms. The minimum atomic E-state index is 0.431. The highest BCUT2D eigenvalue weighted by atomic mass is 16.5. The van der Waals surface area contributed by atoms with Crippen molar-refractivity contribution in [2.75, 3.05) is 26.7 Å². The van der Waals surface area contributed by atoms with Gasteiger partial charge in [-0.15, -0.1) is 0 Å². The fraction of sp³-hybridized carbons (Fsp3) is 0.889. The molecule has 1 aliphatic rings. The van der Waals surface area contributed by atoms with Gasteiger partial charge in [0, 0.05) is 0 Å². The van der Waals surface area contributed by atoms with Crippen molar-refractivity contribution < 1.29 is 9.53 Å². The Kier molecular flexibility index (Phi) is 8.12. The van der Waals surface area contributed by atoms with Crippen LogP contribution in [0.4, 0.5) is 0 Å². The van der Waals surface area contributed by atoms with Gasteiger partial charge in [0.1, 0.15) is 0 Å². The molecular formula is C9H19NO2. The summed E-state index contributed by atoms with van der Waals surface area (Å²) >= 11 is 0. The van der Waals surface area contributed by atoms with Gasteiger partial charge in [-0.05, 0) is 39.9 Å². The standard InChI is InChI=1S/C6H13N.C3H6O2/c1-7-5-3-2-4-6-7;1-2-5-3-4/h2-6H2,1H3;3H,2H2,1H3. The third-order valence-electron chi connectivity index (χ3n) is 1.81. The molecule has 0 atom stereocenters. The SMILES string of the molecule is CCOC=O.CN1CCCCC1. The molecule has 1 heterocycles. The van der Waals surface area contributed by atoms with Gasteiger partial charge in [-0.3, -0.25) is 4.79 Å². The Morgan fingerprint density at radius 3 is 2.08 bits per heavy atom. The van der Waals surface area contributed by atoms with E-state index in [4.69, 9.17) is 0 Å². The van der Waals surface area contributed by atoms with Crippen molar-refractivity contribution in [3.05, 3.63) is 0 Å². The van der Waals surface area contributed by atoms with Crippen LogP contribution in [0.25, 0.3) is 0 Å². The van der Waals surface area contributed by atoms with Gasteiger partial charge in [-0.2, -0.15) is 0 Å². The maximum Gasteiger partial charge on any atom is 0.293 e. The number of ether oxygens (including phenoxy) is 1. The van der Waals surface area contributed by atoms with E-state index < -0.39 is 0 Å². The molecule has 0 N–H and O–H groups in total. The summed E-state index contributed by atoms with van der Waals surface area (Å²) in [6, 6.07) is 0. The molecule has 0 spiro atoms. The number of hydrogen-bond acceptors (Lipinski definition) is 3. The number of likely N-dealkylation sites (tertiary alicyclic amines) is 1. The first-order valence-corrected chi connectivity index (χ1v) is 4.55. The number of piperidine rings is 1. The molecule has 0 amide bonds. The first-order chi connectivity index (χ1) is 5.81. The van der Waals surface area contributed by atoms with Gasteiger partial charge in [0.15, 0.2) is 0 Å². The highest BCUT2D eigenvalue weighted by molar-refractivity contribution is 5.36. The molecule has 1 fully saturated rings. The van der Waals surface area contributed by atoms with Gasteiger partial charge >= 0.3 is 0 Å². The Labute approximate surface area is 74.7 Å². The molecule has 1 aliphatic heterocycles. The summed E-state index contributed by atoms with van der Waals surface area (Å²) in [7, 11) is 2.19. The van der Waals surface area contributed by atoms with E-state index in [0.29, 0.717) is 13.1 Å². The lowest BCUT2D eigenvalue weighted by molar-refractivity contribution is -0.128. The average Bonchev–Trinajstić information content (AvgIpc) is 2.08. The molecule has 0 unspecified atom stereocenters. The fourth-order valence-corrected chi connectivity index (χ4v) is 1.12. The van der Waals surface area contributed by atoms with Crippen LogP contribution in [0, 0.1) is 0 Å². The summed E-state index contributed by atoms with van der Waals surface area (Å²) in [6.07, 6.45) is 4.28. The van der Waals surface area contributed by atoms with E-state index in [9.17, 15) is 4.79 Å². The largest absolute Gasteiger partial charge is 0.468 e. The molecule has 12 heavy (non-hydrogen) atoms. The van der Waals surface area contributed by atoms with E-state index in [1.165, 1.54) is 32.4 Å². The average molecular weight is 173 g/mol. The van der Waals surface area contributed by atoms with Crippen molar-refractivity contribution in [3.63, 3.8) is 0 Å². The van der Waals surface area contributed by atoms with Crippen LogP contribution in [0.3, 0.4) is 0 Å². The number of hydrogen-bond donors (Lipinski definition) is 0. The summed E-state index contributed by atoms with van der Waals surface area (Å²) in [5, 5.41) is 0. The van der Waals surface area contributed by atoms with Crippen LogP contribution in [0.2, 0.25) is 0 Å². The Bertz CT molecular complexity index is 101.